The number of hydrogen-bond donors (Lipinski definition) is 2. The van der Waals surface area contributed by atoms with Crippen LogP contribution in [0, 0.1) is 0 Å². The van der Waals surface area contributed by atoms with Crippen LogP contribution in [0.5, 0.6) is 0 Å². The minimum atomic E-state index is -0.373. The van der Waals surface area contributed by atoms with Crippen LogP contribution in [0.2, 0.25) is 5.02 Å². The first-order valence-corrected chi connectivity index (χ1v) is 5.36. The van der Waals surface area contributed by atoms with E-state index in [9.17, 15) is 9.59 Å². The minimum absolute atomic E-state index is 0.153. The van der Waals surface area contributed by atoms with Crippen LogP contribution in [0.3, 0.4) is 0 Å². The summed E-state index contributed by atoms with van der Waals surface area (Å²) in [6.45, 7) is 1.36. The molecule has 0 aliphatic rings. The molecule has 88 valence electrons. The number of fused-ring (bicyclic) bond motifs is 1. The van der Waals surface area contributed by atoms with Crippen LogP contribution in [0.1, 0.15) is 13.3 Å². The van der Waals surface area contributed by atoms with Crippen LogP contribution < -0.4 is 5.32 Å². The molecule has 0 radical (unpaired) electrons. The molecule has 6 heteroatoms. The molecule has 0 saturated heterocycles. The molecule has 17 heavy (non-hydrogen) atoms. The van der Waals surface area contributed by atoms with Gasteiger partial charge in [-0.1, -0.05) is 11.6 Å². The zero-order valence-corrected chi connectivity index (χ0v) is 9.84. The number of nitrogens with one attached hydrogen (secondary N) is 2. The Bertz CT molecular complexity index is 591. The predicted molar refractivity (Wildman–Crippen MR) is 65.0 cm³/mol. The second-order valence-electron chi connectivity index (χ2n) is 3.72. The molecule has 1 aromatic carbocycles. The highest BCUT2D eigenvalue weighted by Crippen LogP contribution is 2.26. The van der Waals surface area contributed by atoms with Gasteiger partial charge in [0.25, 0.3) is 0 Å². The van der Waals surface area contributed by atoms with Gasteiger partial charge in [-0.25, -0.2) is 0 Å². The molecule has 2 N–H and O–H groups in total. The van der Waals surface area contributed by atoms with Crippen molar-refractivity contribution in [2.75, 3.05) is 5.32 Å². The van der Waals surface area contributed by atoms with Crippen LogP contribution in [0.25, 0.3) is 10.9 Å². The maximum atomic E-state index is 11.4. The van der Waals surface area contributed by atoms with Gasteiger partial charge in [0, 0.05) is 5.39 Å². The summed E-state index contributed by atoms with van der Waals surface area (Å²) < 4.78 is 0. The number of halogens is 1. The van der Waals surface area contributed by atoms with E-state index in [2.05, 4.69) is 15.5 Å². The summed E-state index contributed by atoms with van der Waals surface area (Å²) in [5.41, 5.74) is 1.27. The highest BCUT2D eigenvalue weighted by molar-refractivity contribution is 6.34. The number of benzene rings is 1. The maximum Gasteiger partial charge on any atom is 0.231 e. The summed E-state index contributed by atoms with van der Waals surface area (Å²) in [6, 6.07) is 3.38. The van der Waals surface area contributed by atoms with E-state index in [0.29, 0.717) is 10.7 Å². The molecule has 1 aromatic heterocycles. The monoisotopic (exact) mass is 251 g/mol. The van der Waals surface area contributed by atoms with E-state index in [1.165, 1.54) is 6.92 Å². The van der Waals surface area contributed by atoms with Crippen molar-refractivity contribution in [1.29, 1.82) is 0 Å². The molecule has 0 spiro atoms. The summed E-state index contributed by atoms with van der Waals surface area (Å²) in [5.74, 6) is -0.565. The fraction of sp³-hybridized carbons (Fsp3) is 0.182. The number of amides is 1. The van der Waals surface area contributed by atoms with E-state index in [1.54, 1.807) is 18.3 Å². The van der Waals surface area contributed by atoms with Gasteiger partial charge < -0.3 is 5.32 Å². The van der Waals surface area contributed by atoms with Gasteiger partial charge in [-0.15, -0.1) is 0 Å². The van der Waals surface area contributed by atoms with E-state index in [4.69, 9.17) is 11.6 Å². The first-order chi connectivity index (χ1) is 8.06. The Morgan fingerprint density at radius 1 is 1.47 bits per heavy atom. The molecule has 0 fully saturated rings. The lowest BCUT2D eigenvalue weighted by Gasteiger charge is -2.06. The lowest BCUT2D eigenvalue weighted by atomic mass is 10.2. The number of carbonyl (C=O) groups is 2. The number of carbonyl (C=O) groups excluding carboxylic acids is 2. The number of nitrogens with zero attached hydrogens (tertiary/aromatic N) is 1. The molecule has 1 heterocycles. The number of rotatable bonds is 3. The largest absolute Gasteiger partial charge is 0.324 e. The second kappa shape index (κ2) is 4.55. The number of Topliss-reactive ketones (excluding diaryl/α,β-unsaturated/α-hetero) is 1. The zero-order chi connectivity index (χ0) is 12.4. The zero-order valence-electron chi connectivity index (χ0n) is 9.08. The Balaban J connectivity index is 2.25. The van der Waals surface area contributed by atoms with Crippen molar-refractivity contribution < 1.29 is 9.59 Å². The smallest absolute Gasteiger partial charge is 0.231 e. The SMILES string of the molecule is CC(=O)CC(=O)Nc1cc2cn[nH]c2cc1Cl. The third kappa shape index (κ3) is 2.62. The standard InChI is InChI=1S/C11H10ClN3O2/c1-6(16)2-11(17)14-10-3-7-5-13-15-9(7)4-8(10)12/h3-5H,2H2,1H3,(H,13,15)(H,14,17). The van der Waals surface area contributed by atoms with Gasteiger partial charge in [0.05, 0.1) is 28.8 Å². The van der Waals surface area contributed by atoms with Crippen LogP contribution >= 0.6 is 11.6 Å². The Hall–Kier alpha value is -1.88. The summed E-state index contributed by atoms with van der Waals surface area (Å²) in [7, 11) is 0. The molecule has 0 aliphatic heterocycles. The fourth-order valence-electron chi connectivity index (χ4n) is 1.48. The summed E-state index contributed by atoms with van der Waals surface area (Å²) in [6.07, 6.45) is 1.48. The number of anilines is 1. The van der Waals surface area contributed by atoms with Crippen LogP contribution in [0.4, 0.5) is 5.69 Å². The molecule has 0 saturated carbocycles. The summed E-state index contributed by atoms with van der Waals surface area (Å²) in [5, 5.41) is 10.5. The fourth-order valence-corrected chi connectivity index (χ4v) is 1.69. The van der Waals surface area contributed by atoms with Gasteiger partial charge in [0.15, 0.2) is 0 Å². The van der Waals surface area contributed by atoms with E-state index < -0.39 is 0 Å². The number of hydrogen-bond acceptors (Lipinski definition) is 3. The van der Waals surface area contributed by atoms with Gasteiger partial charge >= 0.3 is 0 Å². The van der Waals surface area contributed by atoms with Crippen molar-refractivity contribution in [2.24, 2.45) is 0 Å². The molecule has 5 nitrogen and oxygen atoms in total. The topological polar surface area (TPSA) is 74.8 Å². The van der Waals surface area contributed by atoms with Crippen LogP contribution in [-0.2, 0) is 9.59 Å². The molecule has 0 aliphatic carbocycles. The Morgan fingerprint density at radius 2 is 2.24 bits per heavy atom. The highest BCUT2D eigenvalue weighted by atomic mass is 35.5. The summed E-state index contributed by atoms with van der Waals surface area (Å²) in [4.78, 5) is 22.2. The van der Waals surface area contributed by atoms with Crippen molar-refractivity contribution in [1.82, 2.24) is 10.2 Å². The van der Waals surface area contributed by atoms with Gasteiger partial charge in [-0.05, 0) is 19.1 Å². The third-order valence-electron chi connectivity index (χ3n) is 2.21. The van der Waals surface area contributed by atoms with Gasteiger partial charge in [-0.2, -0.15) is 5.10 Å². The molecule has 0 atom stereocenters. The van der Waals surface area contributed by atoms with Crippen molar-refractivity contribution in [2.45, 2.75) is 13.3 Å². The maximum absolute atomic E-state index is 11.4. The Labute approximate surface area is 102 Å². The molecule has 2 aromatic rings. The molecular formula is C11H10ClN3O2. The van der Waals surface area contributed by atoms with Crippen LogP contribution in [-0.4, -0.2) is 21.9 Å². The van der Waals surface area contributed by atoms with Crippen molar-refractivity contribution >= 4 is 39.9 Å². The summed E-state index contributed by atoms with van der Waals surface area (Å²) >= 11 is 5.99. The lowest BCUT2D eigenvalue weighted by molar-refractivity contribution is -0.124. The predicted octanol–water partition coefficient (Wildman–Crippen LogP) is 2.13. The van der Waals surface area contributed by atoms with Crippen LogP contribution in [0.15, 0.2) is 18.3 Å². The van der Waals surface area contributed by atoms with E-state index >= 15 is 0 Å². The highest BCUT2D eigenvalue weighted by Gasteiger charge is 2.09. The lowest BCUT2D eigenvalue weighted by Crippen LogP contribution is -2.14. The van der Waals surface area contributed by atoms with Crippen molar-refractivity contribution in [3.8, 4) is 0 Å². The molecule has 1 amide bonds. The first-order valence-electron chi connectivity index (χ1n) is 4.98. The van der Waals surface area contributed by atoms with E-state index in [-0.39, 0.29) is 18.1 Å². The molecule has 0 unspecified atom stereocenters. The Morgan fingerprint density at radius 3 is 2.94 bits per heavy atom. The average molecular weight is 252 g/mol. The van der Waals surface area contributed by atoms with Crippen molar-refractivity contribution in [3.05, 3.63) is 23.4 Å². The number of ketones is 1. The average Bonchev–Trinajstić information content (AvgIpc) is 2.63. The minimum Gasteiger partial charge on any atom is -0.324 e. The van der Waals surface area contributed by atoms with E-state index in [1.807, 2.05) is 0 Å². The molecule has 0 bridgehead atoms. The molecule has 2 rings (SSSR count). The molecular weight excluding hydrogens is 242 g/mol. The Kier molecular flexibility index (Phi) is 3.10. The number of aromatic amines is 1. The van der Waals surface area contributed by atoms with Gasteiger partial charge in [-0.3, -0.25) is 14.7 Å². The quantitative estimate of drug-likeness (QED) is 0.821. The van der Waals surface area contributed by atoms with Gasteiger partial charge in [0.2, 0.25) is 5.91 Å². The van der Waals surface area contributed by atoms with E-state index in [0.717, 1.165) is 10.9 Å². The van der Waals surface area contributed by atoms with Gasteiger partial charge in [0.1, 0.15) is 5.78 Å². The second-order valence-corrected chi connectivity index (χ2v) is 4.12. The number of aromatic nitrogens is 2. The normalized spacial score (nSPS) is 10.5. The number of H-pyrrole nitrogens is 1. The van der Waals surface area contributed by atoms with Crippen molar-refractivity contribution in [3.63, 3.8) is 0 Å². The first kappa shape index (κ1) is 11.6. The third-order valence-corrected chi connectivity index (χ3v) is 2.52.